The smallest absolute Gasteiger partial charge is 0.0271 e. The van der Waals surface area contributed by atoms with Gasteiger partial charge in [-0.3, -0.25) is 9.88 Å². The van der Waals surface area contributed by atoms with Gasteiger partial charge in [0, 0.05) is 18.9 Å². The van der Waals surface area contributed by atoms with Crippen LogP contribution in [-0.2, 0) is 6.54 Å². The highest BCUT2D eigenvalue weighted by Crippen LogP contribution is 2.21. The number of nitrogens with two attached hydrogens (primary N) is 1. The van der Waals surface area contributed by atoms with Gasteiger partial charge in [0.25, 0.3) is 0 Å². The zero-order valence-electron chi connectivity index (χ0n) is 12.7. The molecule has 0 saturated carbocycles. The van der Waals surface area contributed by atoms with Crippen LogP contribution in [0, 0.1) is 5.41 Å². The fourth-order valence-corrected chi connectivity index (χ4v) is 2.14. The predicted molar refractivity (Wildman–Crippen MR) is 81.9 cm³/mol. The van der Waals surface area contributed by atoms with E-state index in [1.165, 1.54) is 31.4 Å². The van der Waals surface area contributed by atoms with E-state index in [0.717, 1.165) is 19.6 Å². The van der Waals surface area contributed by atoms with Crippen LogP contribution < -0.4 is 5.73 Å². The Morgan fingerprint density at radius 1 is 1.21 bits per heavy atom. The number of hydrogen-bond donors (Lipinski definition) is 1. The van der Waals surface area contributed by atoms with Crippen molar-refractivity contribution in [3.8, 4) is 0 Å². The number of pyridine rings is 1. The number of hydrogen-bond acceptors (Lipinski definition) is 3. The highest BCUT2D eigenvalue weighted by molar-refractivity contribution is 5.09. The molecule has 0 aliphatic rings. The molecule has 0 aliphatic carbocycles. The Morgan fingerprint density at radius 3 is 2.47 bits per heavy atom. The third-order valence-electron chi connectivity index (χ3n) is 3.73. The molecule has 0 spiro atoms. The molecule has 1 rings (SSSR count). The largest absolute Gasteiger partial charge is 0.330 e. The third kappa shape index (κ3) is 6.69. The lowest BCUT2D eigenvalue weighted by Crippen LogP contribution is -2.26. The second kappa shape index (κ2) is 8.28. The number of rotatable bonds is 9. The van der Waals surface area contributed by atoms with Crippen molar-refractivity contribution in [2.45, 2.75) is 46.6 Å². The van der Waals surface area contributed by atoms with E-state index in [1.807, 2.05) is 12.4 Å². The van der Waals surface area contributed by atoms with Crippen molar-refractivity contribution in [1.29, 1.82) is 0 Å². The van der Waals surface area contributed by atoms with Crippen molar-refractivity contribution < 1.29 is 0 Å². The van der Waals surface area contributed by atoms with Gasteiger partial charge in [-0.25, -0.2) is 0 Å². The lowest BCUT2D eigenvalue weighted by Gasteiger charge is -2.24. The van der Waals surface area contributed by atoms with Crippen molar-refractivity contribution in [2.24, 2.45) is 11.1 Å². The number of aromatic nitrogens is 1. The van der Waals surface area contributed by atoms with E-state index in [2.05, 4.69) is 42.8 Å². The summed E-state index contributed by atoms with van der Waals surface area (Å²) >= 11 is 0. The second-order valence-corrected chi connectivity index (χ2v) is 6.05. The van der Waals surface area contributed by atoms with Crippen LogP contribution in [0.25, 0.3) is 0 Å². The molecule has 0 bridgehead atoms. The first-order chi connectivity index (χ1) is 9.07. The molecule has 0 aliphatic heterocycles. The first-order valence-electron chi connectivity index (χ1n) is 7.39. The molecular weight excluding hydrogens is 234 g/mol. The molecule has 1 aromatic heterocycles. The molecule has 0 fully saturated rings. The van der Waals surface area contributed by atoms with Gasteiger partial charge in [-0.1, -0.05) is 27.2 Å². The van der Waals surface area contributed by atoms with E-state index < -0.39 is 0 Å². The minimum Gasteiger partial charge on any atom is -0.330 e. The highest BCUT2D eigenvalue weighted by atomic mass is 15.1. The zero-order valence-corrected chi connectivity index (χ0v) is 12.7. The predicted octanol–water partition coefficient (Wildman–Crippen LogP) is 3.06. The fraction of sp³-hybridized carbons (Fsp3) is 0.688. The van der Waals surface area contributed by atoms with Crippen molar-refractivity contribution >= 4 is 0 Å². The molecule has 1 heterocycles. The average molecular weight is 263 g/mol. The Bertz CT molecular complexity index is 335. The molecule has 0 amide bonds. The summed E-state index contributed by atoms with van der Waals surface area (Å²) in [5, 5.41) is 0. The van der Waals surface area contributed by atoms with Gasteiger partial charge in [0.15, 0.2) is 0 Å². The standard InChI is InChI=1S/C16H29N3/c1-4-19(13-15-7-10-18-11-8-15)12-6-5-9-16(2,3)14-17/h7-8,10-11H,4-6,9,12-14,17H2,1-3H3. The van der Waals surface area contributed by atoms with Crippen molar-refractivity contribution in [2.75, 3.05) is 19.6 Å². The van der Waals surface area contributed by atoms with Crippen LogP contribution in [-0.4, -0.2) is 29.5 Å². The third-order valence-corrected chi connectivity index (χ3v) is 3.73. The Kier molecular flexibility index (Phi) is 7.03. The Morgan fingerprint density at radius 2 is 1.89 bits per heavy atom. The number of unbranched alkanes of at least 4 members (excludes halogenated alkanes) is 1. The normalized spacial score (nSPS) is 12.1. The zero-order chi connectivity index (χ0) is 14.1. The Labute approximate surface area is 118 Å². The van der Waals surface area contributed by atoms with E-state index >= 15 is 0 Å². The summed E-state index contributed by atoms with van der Waals surface area (Å²) in [5.74, 6) is 0. The minimum absolute atomic E-state index is 0.294. The summed E-state index contributed by atoms with van der Waals surface area (Å²) in [6.45, 7) is 10.8. The maximum absolute atomic E-state index is 5.76. The minimum atomic E-state index is 0.294. The molecule has 0 atom stereocenters. The molecule has 2 N–H and O–H groups in total. The maximum Gasteiger partial charge on any atom is 0.0271 e. The summed E-state index contributed by atoms with van der Waals surface area (Å²) in [5.41, 5.74) is 7.40. The molecule has 0 saturated heterocycles. The number of nitrogens with zero attached hydrogens (tertiary/aromatic N) is 2. The van der Waals surface area contributed by atoms with Gasteiger partial charge in [0.2, 0.25) is 0 Å². The molecule has 0 aromatic carbocycles. The first kappa shape index (κ1) is 16.1. The molecular formula is C16H29N3. The monoisotopic (exact) mass is 263 g/mol. The van der Waals surface area contributed by atoms with E-state index in [4.69, 9.17) is 5.73 Å². The van der Waals surface area contributed by atoms with Crippen LogP contribution in [0.1, 0.15) is 45.6 Å². The van der Waals surface area contributed by atoms with Gasteiger partial charge < -0.3 is 5.73 Å². The van der Waals surface area contributed by atoms with Crippen molar-refractivity contribution in [1.82, 2.24) is 9.88 Å². The SMILES string of the molecule is CCN(CCCCC(C)(C)CN)Cc1ccncc1. The van der Waals surface area contributed by atoms with Crippen LogP contribution in [0.3, 0.4) is 0 Å². The molecule has 19 heavy (non-hydrogen) atoms. The Balaban J connectivity index is 2.26. The fourth-order valence-electron chi connectivity index (χ4n) is 2.14. The topological polar surface area (TPSA) is 42.1 Å². The van der Waals surface area contributed by atoms with Gasteiger partial charge in [-0.15, -0.1) is 0 Å². The summed E-state index contributed by atoms with van der Waals surface area (Å²) in [7, 11) is 0. The quantitative estimate of drug-likeness (QED) is 0.696. The Hall–Kier alpha value is -0.930. The molecule has 0 unspecified atom stereocenters. The van der Waals surface area contributed by atoms with E-state index in [-0.39, 0.29) is 0 Å². The molecule has 108 valence electrons. The summed E-state index contributed by atoms with van der Waals surface area (Å²) < 4.78 is 0. The highest BCUT2D eigenvalue weighted by Gasteiger charge is 2.14. The molecule has 3 heteroatoms. The van der Waals surface area contributed by atoms with Crippen LogP contribution in [0.4, 0.5) is 0 Å². The lowest BCUT2D eigenvalue weighted by atomic mass is 9.87. The van der Waals surface area contributed by atoms with E-state index in [1.54, 1.807) is 0 Å². The van der Waals surface area contributed by atoms with Crippen LogP contribution in [0.5, 0.6) is 0 Å². The summed E-state index contributed by atoms with van der Waals surface area (Å²) in [4.78, 5) is 6.55. The molecule has 0 radical (unpaired) electrons. The van der Waals surface area contributed by atoms with Gasteiger partial charge in [0.05, 0.1) is 0 Å². The van der Waals surface area contributed by atoms with Crippen LogP contribution in [0.2, 0.25) is 0 Å². The lowest BCUT2D eigenvalue weighted by molar-refractivity contribution is 0.259. The first-order valence-corrected chi connectivity index (χ1v) is 7.39. The second-order valence-electron chi connectivity index (χ2n) is 6.05. The molecule has 1 aromatic rings. The van der Waals surface area contributed by atoms with Crippen molar-refractivity contribution in [3.05, 3.63) is 30.1 Å². The van der Waals surface area contributed by atoms with Gasteiger partial charge in [-0.2, -0.15) is 0 Å². The van der Waals surface area contributed by atoms with E-state index in [0.29, 0.717) is 5.41 Å². The van der Waals surface area contributed by atoms with Gasteiger partial charge in [-0.05, 0) is 55.6 Å². The van der Waals surface area contributed by atoms with Gasteiger partial charge in [0.1, 0.15) is 0 Å². The van der Waals surface area contributed by atoms with Crippen LogP contribution in [0.15, 0.2) is 24.5 Å². The van der Waals surface area contributed by atoms with Gasteiger partial charge >= 0.3 is 0 Å². The average Bonchev–Trinajstić information content (AvgIpc) is 2.43. The summed E-state index contributed by atoms with van der Waals surface area (Å²) in [6.07, 6.45) is 7.47. The summed E-state index contributed by atoms with van der Waals surface area (Å²) in [6, 6.07) is 4.19. The molecule has 3 nitrogen and oxygen atoms in total. The van der Waals surface area contributed by atoms with E-state index in [9.17, 15) is 0 Å². The van der Waals surface area contributed by atoms with Crippen LogP contribution >= 0.6 is 0 Å². The maximum atomic E-state index is 5.76. The van der Waals surface area contributed by atoms with Crippen molar-refractivity contribution in [3.63, 3.8) is 0 Å².